The molecule has 0 radical (unpaired) electrons. The van der Waals surface area contributed by atoms with Gasteiger partial charge in [0.2, 0.25) is 0 Å². The van der Waals surface area contributed by atoms with Gasteiger partial charge in [-0.25, -0.2) is 0 Å². The molecular formula is C17H21N3O2. The van der Waals surface area contributed by atoms with Crippen molar-refractivity contribution in [2.45, 2.75) is 32.6 Å². The van der Waals surface area contributed by atoms with Gasteiger partial charge in [0.1, 0.15) is 0 Å². The SMILES string of the molecule is C[C@H]1CN(C(=O)c2cnn(Cc3ccccc3)c2)C[C@H](C)O1. The monoisotopic (exact) mass is 299 g/mol. The van der Waals surface area contributed by atoms with E-state index in [0.717, 1.165) is 0 Å². The van der Waals surface area contributed by atoms with Crippen molar-refractivity contribution in [3.63, 3.8) is 0 Å². The highest BCUT2D eigenvalue weighted by molar-refractivity contribution is 5.93. The summed E-state index contributed by atoms with van der Waals surface area (Å²) >= 11 is 0. The number of rotatable bonds is 3. The summed E-state index contributed by atoms with van der Waals surface area (Å²) in [7, 11) is 0. The Bertz CT molecular complexity index is 628. The van der Waals surface area contributed by atoms with Crippen LogP contribution in [0.25, 0.3) is 0 Å². The molecule has 0 bridgehead atoms. The predicted molar refractivity (Wildman–Crippen MR) is 83.7 cm³/mol. The Morgan fingerprint density at radius 3 is 2.59 bits per heavy atom. The van der Waals surface area contributed by atoms with Crippen molar-refractivity contribution >= 4 is 5.91 Å². The molecule has 1 saturated heterocycles. The van der Waals surface area contributed by atoms with Gasteiger partial charge in [-0.2, -0.15) is 5.10 Å². The third kappa shape index (κ3) is 3.36. The van der Waals surface area contributed by atoms with Crippen molar-refractivity contribution in [2.24, 2.45) is 0 Å². The number of carbonyl (C=O) groups is 1. The van der Waals surface area contributed by atoms with Crippen LogP contribution in [-0.2, 0) is 11.3 Å². The summed E-state index contributed by atoms with van der Waals surface area (Å²) in [4.78, 5) is 14.4. The summed E-state index contributed by atoms with van der Waals surface area (Å²) < 4.78 is 7.47. The highest BCUT2D eigenvalue weighted by Gasteiger charge is 2.27. The third-order valence-electron chi connectivity index (χ3n) is 3.77. The van der Waals surface area contributed by atoms with E-state index in [2.05, 4.69) is 17.2 Å². The molecule has 1 aromatic carbocycles. The van der Waals surface area contributed by atoms with Crippen molar-refractivity contribution < 1.29 is 9.53 Å². The minimum atomic E-state index is 0.0290. The number of amides is 1. The van der Waals surface area contributed by atoms with Crippen molar-refractivity contribution in [2.75, 3.05) is 13.1 Å². The summed E-state index contributed by atoms with van der Waals surface area (Å²) in [6.07, 6.45) is 3.62. The van der Waals surface area contributed by atoms with Crippen LogP contribution in [0.3, 0.4) is 0 Å². The molecule has 5 heteroatoms. The lowest BCUT2D eigenvalue weighted by molar-refractivity contribution is -0.0586. The summed E-state index contributed by atoms with van der Waals surface area (Å²) in [5.41, 5.74) is 1.80. The number of hydrogen-bond donors (Lipinski definition) is 0. The van der Waals surface area contributed by atoms with E-state index in [9.17, 15) is 4.79 Å². The standard InChI is InChI=1S/C17H21N3O2/c1-13-9-19(10-14(2)22-13)17(21)16-8-18-20(12-16)11-15-6-4-3-5-7-15/h3-8,12-14H,9-11H2,1-2H3/t13-,14-/m0/s1. The molecule has 0 unspecified atom stereocenters. The second-order valence-corrected chi connectivity index (χ2v) is 5.88. The summed E-state index contributed by atoms with van der Waals surface area (Å²) in [6, 6.07) is 10.1. The van der Waals surface area contributed by atoms with Crippen LogP contribution < -0.4 is 0 Å². The lowest BCUT2D eigenvalue weighted by Gasteiger charge is -2.35. The fourth-order valence-corrected chi connectivity index (χ4v) is 2.86. The van der Waals surface area contributed by atoms with E-state index >= 15 is 0 Å². The molecule has 1 aliphatic heterocycles. The van der Waals surface area contributed by atoms with E-state index in [-0.39, 0.29) is 18.1 Å². The van der Waals surface area contributed by atoms with Crippen LogP contribution in [-0.4, -0.2) is 45.9 Å². The zero-order chi connectivity index (χ0) is 15.5. The van der Waals surface area contributed by atoms with E-state index in [0.29, 0.717) is 25.2 Å². The zero-order valence-electron chi connectivity index (χ0n) is 13.0. The molecule has 0 saturated carbocycles. The van der Waals surface area contributed by atoms with E-state index < -0.39 is 0 Å². The van der Waals surface area contributed by atoms with E-state index in [1.807, 2.05) is 43.1 Å². The van der Waals surface area contributed by atoms with Gasteiger partial charge in [-0.1, -0.05) is 30.3 Å². The van der Waals surface area contributed by atoms with Gasteiger partial charge >= 0.3 is 0 Å². The van der Waals surface area contributed by atoms with Crippen molar-refractivity contribution in [3.05, 3.63) is 53.9 Å². The molecule has 2 atom stereocenters. The largest absolute Gasteiger partial charge is 0.372 e. The van der Waals surface area contributed by atoms with Crippen molar-refractivity contribution in [3.8, 4) is 0 Å². The average molecular weight is 299 g/mol. The molecule has 0 spiro atoms. The second-order valence-electron chi connectivity index (χ2n) is 5.88. The Labute approximate surface area is 130 Å². The molecule has 2 aromatic rings. The molecule has 1 aliphatic rings. The van der Waals surface area contributed by atoms with Crippen LogP contribution in [0, 0.1) is 0 Å². The Morgan fingerprint density at radius 2 is 1.91 bits per heavy atom. The molecule has 22 heavy (non-hydrogen) atoms. The molecular weight excluding hydrogens is 278 g/mol. The summed E-state index contributed by atoms with van der Waals surface area (Å²) in [5, 5.41) is 4.30. The fourth-order valence-electron chi connectivity index (χ4n) is 2.86. The third-order valence-corrected chi connectivity index (χ3v) is 3.77. The minimum Gasteiger partial charge on any atom is -0.372 e. The first-order valence-corrected chi connectivity index (χ1v) is 7.63. The van der Waals surface area contributed by atoms with E-state index in [1.54, 1.807) is 10.9 Å². The number of nitrogens with zero attached hydrogens (tertiary/aromatic N) is 3. The van der Waals surface area contributed by atoms with Crippen LogP contribution in [0.2, 0.25) is 0 Å². The van der Waals surface area contributed by atoms with Crippen LogP contribution in [0.5, 0.6) is 0 Å². The summed E-state index contributed by atoms with van der Waals surface area (Å²) in [6.45, 7) is 5.92. The van der Waals surface area contributed by atoms with Crippen LogP contribution in [0.15, 0.2) is 42.7 Å². The molecule has 2 heterocycles. The maximum atomic E-state index is 12.6. The summed E-state index contributed by atoms with van der Waals surface area (Å²) in [5.74, 6) is 0.0290. The van der Waals surface area contributed by atoms with E-state index in [1.165, 1.54) is 5.56 Å². The number of ether oxygens (including phenoxy) is 1. The quantitative estimate of drug-likeness (QED) is 0.873. The first-order valence-electron chi connectivity index (χ1n) is 7.63. The maximum absolute atomic E-state index is 12.6. The normalized spacial score (nSPS) is 21.8. The Balaban J connectivity index is 1.69. The maximum Gasteiger partial charge on any atom is 0.257 e. The highest BCUT2D eigenvalue weighted by Crippen LogP contribution is 2.14. The highest BCUT2D eigenvalue weighted by atomic mass is 16.5. The van der Waals surface area contributed by atoms with Gasteiger partial charge < -0.3 is 9.64 Å². The molecule has 1 amide bonds. The number of hydrogen-bond acceptors (Lipinski definition) is 3. The van der Waals surface area contributed by atoms with Gasteiger partial charge in [0, 0.05) is 19.3 Å². The Kier molecular flexibility index (Phi) is 4.24. The van der Waals surface area contributed by atoms with Crippen molar-refractivity contribution in [1.29, 1.82) is 0 Å². The minimum absolute atomic E-state index is 0.0290. The van der Waals surface area contributed by atoms with Gasteiger partial charge in [0.05, 0.1) is 30.5 Å². The molecule has 1 fully saturated rings. The van der Waals surface area contributed by atoms with Crippen LogP contribution in [0.1, 0.15) is 29.8 Å². The number of aromatic nitrogens is 2. The second kappa shape index (κ2) is 6.32. The molecule has 3 rings (SSSR count). The Morgan fingerprint density at radius 1 is 1.23 bits per heavy atom. The number of morpholine rings is 1. The van der Waals surface area contributed by atoms with Crippen LogP contribution in [0.4, 0.5) is 0 Å². The zero-order valence-corrected chi connectivity index (χ0v) is 13.0. The molecule has 1 aromatic heterocycles. The van der Waals surface area contributed by atoms with Gasteiger partial charge in [-0.05, 0) is 19.4 Å². The van der Waals surface area contributed by atoms with E-state index in [4.69, 9.17) is 4.74 Å². The molecule has 0 aliphatic carbocycles. The first kappa shape index (κ1) is 14.8. The van der Waals surface area contributed by atoms with Crippen molar-refractivity contribution in [1.82, 2.24) is 14.7 Å². The first-order chi connectivity index (χ1) is 10.6. The Hall–Kier alpha value is -2.14. The lowest BCUT2D eigenvalue weighted by atomic mass is 10.2. The van der Waals surface area contributed by atoms with Gasteiger partial charge in [0.25, 0.3) is 5.91 Å². The molecule has 5 nitrogen and oxygen atoms in total. The van der Waals surface area contributed by atoms with Crippen LogP contribution >= 0.6 is 0 Å². The lowest BCUT2D eigenvalue weighted by Crippen LogP contribution is -2.48. The van der Waals surface area contributed by atoms with Gasteiger partial charge in [-0.15, -0.1) is 0 Å². The number of benzene rings is 1. The topological polar surface area (TPSA) is 47.4 Å². The predicted octanol–water partition coefficient (Wildman–Crippen LogP) is 2.18. The van der Waals surface area contributed by atoms with Gasteiger partial charge in [-0.3, -0.25) is 9.48 Å². The smallest absolute Gasteiger partial charge is 0.257 e. The fraction of sp³-hybridized carbons (Fsp3) is 0.412. The molecule has 0 N–H and O–H groups in total. The average Bonchev–Trinajstić information content (AvgIpc) is 2.95. The van der Waals surface area contributed by atoms with Gasteiger partial charge in [0.15, 0.2) is 0 Å². The molecule has 116 valence electrons. The number of carbonyl (C=O) groups excluding carboxylic acids is 1.